The third kappa shape index (κ3) is 3.78. The molecular formula is C20H24Cl2N2O3. The van der Waals surface area contributed by atoms with Gasteiger partial charge < -0.3 is 14.4 Å². The van der Waals surface area contributed by atoms with Crippen LogP contribution in [-0.2, 0) is 11.3 Å². The van der Waals surface area contributed by atoms with Gasteiger partial charge in [0.25, 0.3) is 0 Å². The summed E-state index contributed by atoms with van der Waals surface area (Å²) in [5.41, 5.74) is 1.12. The molecule has 1 amide bonds. The van der Waals surface area contributed by atoms with Crippen LogP contribution in [0.15, 0.2) is 28.8 Å². The second-order valence-corrected chi connectivity index (χ2v) is 9.08. The lowest BCUT2D eigenvalue weighted by Crippen LogP contribution is -2.49. The van der Waals surface area contributed by atoms with Gasteiger partial charge in [0.05, 0.1) is 5.92 Å². The number of amides is 1. The molecule has 0 N–H and O–H groups in total. The number of allylic oxidation sites excluding steroid dienone is 1. The largest absolute Gasteiger partial charge is 0.454 e. The first-order valence-electron chi connectivity index (χ1n) is 9.29. The summed E-state index contributed by atoms with van der Waals surface area (Å²) in [4.78, 5) is 17.3. The first-order valence-corrected chi connectivity index (χ1v) is 10.0. The van der Waals surface area contributed by atoms with Crippen molar-refractivity contribution in [1.82, 2.24) is 9.80 Å². The van der Waals surface area contributed by atoms with Crippen molar-refractivity contribution in [3.05, 3.63) is 34.3 Å². The maximum absolute atomic E-state index is 12.9. The summed E-state index contributed by atoms with van der Waals surface area (Å²) in [5.74, 6) is 1.95. The van der Waals surface area contributed by atoms with Crippen molar-refractivity contribution in [2.75, 3.05) is 33.0 Å². The first kappa shape index (κ1) is 18.9. The molecule has 2 heterocycles. The number of hydrogen-bond acceptors (Lipinski definition) is 4. The molecule has 27 heavy (non-hydrogen) atoms. The van der Waals surface area contributed by atoms with Crippen molar-refractivity contribution in [1.29, 1.82) is 0 Å². The molecule has 0 bridgehead atoms. The summed E-state index contributed by atoms with van der Waals surface area (Å²) in [5, 5.41) is 0. The Bertz CT molecular complexity index is 768. The number of piperazine rings is 1. The number of benzene rings is 1. The monoisotopic (exact) mass is 410 g/mol. The molecule has 1 saturated heterocycles. The van der Waals surface area contributed by atoms with Crippen LogP contribution in [0.25, 0.3) is 0 Å². The summed E-state index contributed by atoms with van der Waals surface area (Å²) in [6.07, 6.45) is 1.81. The van der Waals surface area contributed by atoms with Gasteiger partial charge in [-0.2, -0.15) is 0 Å². The topological polar surface area (TPSA) is 42.0 Å². The Kier molecular flexibility index (Phi) is 5.04. The Morgan fingerprint density at radius 2 is 1.89 bits per heavy atom. The van der Waals surface area contributed by atoms with Crippen molar-refractivity contribution in [3.8, 4) is 11.5 Å². The molecule has 4 rings (SSSR count). The van der Waals surface area contributed by atoms with E-state index in [4.69, 9.17) is 32.7 Å². The van der Waals surface area contributed by atoms with Crippen LogP contribution in [0, 0.1) is 17.3 Å². The predicted octanol–water partition coefficient (Wildman–Crippen LogP) is 3.65. The molecule has 0 spiro atoms. The summed E-state index contributed by atoms with van der Waals surface area (Å²) in [6, 6.07) is 6.08. The number of hydrogen-bond donors (Lipinski definition) is 0. The van der Waals surface area contributed by atoms with Gasteiger partial charge in [-0.3, -0.25) is 9.69 Å². The number of halogens is 2. The molecular weight excluding hydrogens is 387 g/mol. The highest BCUT2D eigenvalue weighted by atomic mass is 35.5. The van der Waals surface area contributed by atoms with Crippen molar-refractivity contribution in [2.24, 2.45) is 17.3 Å². The van der Waals surface area contributed by atoms with Gasteiger partial charge in [-0.05, 0) is 35.1 Å². The fourth-order valence-electron chi connectivity index (χ4n) is 4.22. The Balaban J connectivity index is 1.31. The van der Waals surface area contributed by atoms with E-state index in [1.54, 1.807) is 0 Å². The Hall–Kier alpha value is -1.43. The average Bonchev–Trinajstić information content (AvgIpc) is 2.96. The zero-order valence-corrected chi connectivity index (χ0v) is 17.1. The lowest BCUT2D eigenvalue weighted by molar-refractivity contribution is -0.135. The van der Waals surface area contributed by atoms with E-state index in [1.165, 1.54) is 5.56 Å². The number of rotatable bonds is 4. The SMILES string of the molecule is CC1(C)C(C=C(Cl)Cl)C1C(=O)N1CCN(Cc2ccc3c(c2)OCO3)CC1. The third-order valence-electron chi connectivity index (χ3n) is 6.01. The molecule has 5 nitrogen and oxygen atoms in total. The van der Waals surface area contributed by atoms with Crippen LogP contribution in [0.1, 0.15) is 19.4 Å². The van der Waals surface area contributed by atoms with Gasteiger partial charge >= 0.3 is 0 Å². The second-order valence-electron chi connectivity index (χ2n) is 8.07. The lowest BCUT2D eigenvalue weighted by atomic mass is 10.1. The fourth-order valence-corrected chi connectivity index (χ4v) is 4.49. The number of carbonyl (C=O) groups is 1. The Morgan fingerprint density at radius 1 is 1.19 bits per heavy atom. The molecule has 2 unspecified atom stereocenters. The molecule has 1 aromatic rings. The molecule has 0 radical (unpaired) electrons. The summed E-state index contributed by atoms with van der Waals surface area (Å²) < 4.78 is 11.1. The second kappa shape index (κ2) is 7.19. The van der Waals surface area contributed by atoms with Gasteiger partial charge in [0.1, 0.15) is 4.49 Å². The molecule has 2 aliphatic heterocycles. The van der Waals surface area contributed by atoms with Crippen LogP contribution >= 0.6 is 23.2 Å². The normalized spacial score (nSPS) is 26.0. The van der Waals surface area contributed by atoms with Crippen molar-refractivity contribution < 1.29 is 14.3 Å². The van der Waals surface area contributed by atoms with Gasteiger partial charge in [-0.25, -0.2) is 0 Å². The van der Waals surface area contributed by atoms with Gasteiger partial charge in [0.2, 0.25) is 12.7 Å². The highest BCUT2D eigenvalue weighted by Crippen LogP contribution is 2.60. The fraction of sp³-hybridized carbons (Fsp3) is 0.550. The highest BCUT2D eigenvalue weighted by molar-refractivity contribution is 6.55. The van der Waals surface area contributed by atoms with Gasteiger partial charge in [-0.15, -0.1) is 0 Å². The number of carbonyl (C=O) groups excluding carboxylic acids is 1. The summed E-state index contributed by atoms with van der Waals surface area (Å²) in [6.45, 7) is 8.58. The van der Waals surface area contributed by atoms with Crippen LogP contribution in [0.2, 0.25) is 0 Å². The minimum absolute atomic E-state index is 0.0228. The molecule has 1 aromatic carbocycles. The van der Waals surface area contributed by atoms with E-state index in [0.717, 1.165) is 44.2 Å². The van der Waals surface area contributed by atoms with Crippen LogP contribution in [-0.4, -0.2) is 48.7 Å². The number of nitrogens with zero attached hydrogens (tertiary/aromatic N) is 2. The Labute approximate surface area is 169 Å². The van der Waals surface area contributed by atoms with Crippen molar-refractivity contribution >= 4 is 29.1 Å². The third-order valence-corrected chi connectivity index (χ3v) is 6.26. The van der Waals surface area contributed by atoms with E-state index in [-0.39, 0.29) is 27.6 Å². The smallest absolute Gasteiger partial charge is 0.231 e. The van der Waals surface area contributed by atoms with Crippen LogP contribution in [0.3, 0.4) is 0 Å². The van der Waals surface area contributed by atoms with Crippen molar-refractivity contribution in [2.45, 2.75) is 20.4 Å². The summed E-state index contributed by atoms with van der Waals surface area (Å²) >= 11 is 11.6. The van der Waals surface area contributed by atoms with E-state index >= 15 is 0 Å². The minimum Gasteiger partial charge on any atom is -0.454 e. The zero-order valence-electron chi connectivity index (χ0n) is 15.6. The molecule has 0 aromatic heterocycles. The average molecular weight is 411 g/mol. The molecule has 146 valence electrons. The van der Waals surface area contributed by atoms with E-state index in [0.29, 0.717) is 6.79 Å². The highest BCUT2D eigenvalue weighted by Gasteiger charge is 2.61. The lowest BCUT2D eigenvalue weighted by Gasteiger charge is -2.35. The first-order chi connectivity index (χ1) is 12.9. The van der Waals surface area contributed by atoms with Gasteiger partial charge in [-0.1, -0.05) is 43.1 Å². The molecule has 1 aliphatic carbocycles. The zero-order chi connectivity index (χ0) is 19.2. The van der Waals surface area contributed by atoms with Gasteiger partial charge in [0, 0.05) is 32.7 Å². The molecule has 2 atom stereocenters. The van der Waals surface area contributed by atoms with Crippen LogP contribution < -0.4 is 9.47 Å². The van der Waals surface area contributed by atoms with E-state index < -0.39 is 0 Å². The minimum atomic E-state index is -0.0737. The quantitative estimate of drug-likeness (QED) is 0.759. The van der Waals surface area contributed by atoms with Crippen LogP contribution in [0.4, 0.5) is 0 Å². The molecule has 1 saturated carbocycles. The van der Waals surface area contributed by atoms with Crippen LogP contribution in [0.5, 0.6) is 11.5 Å². The number of fused-ring (bicyclic) bond motifs is 1. The van der Waals surface area contributed by atoms with E-state index in [9.17, 15) is 4.79 Å². The maximum Gasteiger partial charge on any atom is 0.231 e. The van der Waals surface area contributed by atoms with E-state index in [2.05, 4.69) is 24.8 Å². The molecule has 7 heteroatoms. The van der Waals surface area contributed by atoms with E-state index in [1.807, 2.05) is 23.1 Å². The maximum atomic E-state index is 12.9. The Morgan fingerprint density at radius 3 is 2.59 bits per heavy atom. The summed E-state index contributed by atoms with van der Waals surface area (Å²) in [7, 11) is 0. The van der Waals surface area contributed by atoms with Crippen molar-refractivity contribution in [3.63, 3.8) is 0 Å². The standard InChI is InChI=1S/C20H24Cl2N2O3/c1-20(2)14(10-17(21)22)18(20)19(25)24-7-5-23(6-8-24)11-13-3-4-15-16(9-13)27-12-26-15/h3-4,9-10,14,18H,5-8,11-12H2,1-2H3. The molecule has 3 aliphatic rings. The number of ether oxygens (including phenoxy) is 2. The molecule has 2 fully saturated rings. The predicted molar refractivity (Wildman–Crippen MR) is 105 cm³/mol. The van der Waals surface area contributed by atoms with Gasteiger partial charge in [0.15, 0.2) is 11.5 Å².